The Kier molecular flexibility index (Phi) is 4.35. The van der Waals surface area contributed by atoms with Crippen molar-refractivity contribution >= 4 is 16.8 Å². The lowest BCUT2D eigenvalue weighted by Crippen LogP contribution is -2.26. The Hall–Kier alpha value is -4.84. The zero-order chi connectivity index (χ0) is 24.2. The standard InChI is InChI=1S/C20H11F3N10O2/c21-20(22,23)15-14(8-30-32(15)17-13-1-4-34-18(13)27-10-26-17)19(9-35-19)31-12-5-11(6-24)16(25-7-12)33-28-2-3-29-33/h1-5,7-8,10,31H,9H2. The highest BCUT2D eigenvalue weighted by molar-refractivity contribution is 5.80. The number of furan rings is 1. The first-order chi connectivity index (χ1) is 16.9. The molecule has 6 rings (SSSR count). The molecule has 6 heterocycles. The minimum absolute atomic E-state index is 0.0724. The predicted molar refractivity (Wildman–Crippen MR) is 109 cm³/mol. The van der Waals surface area contributed by atoms with Crippen LogP contribution in [0.4, 0.5) is 18.9 Å². The second-order valence-corrected chi connectivity index (χ2v) is 7.42. The molecule has 15 heteroatoms. The fourth-order valence-corrected chi connectivity index (χ4v) is 3.72. The molecule has 1 N–H and O–H groups in total. The van der Waals surface area contributed by atoms with Gasteiger partial charge in [0.05, 0.1) is 47.7 Å². The molecule has 5 aromatic rings. The van der Waals surface area contributed by atoms with Crippen LogP contribution in [0, 0.1) is 11.3 Å². The minimum Gasteiger partial charge on any atom is -0.446 e. The number of alkyl halides is 3. The van der Waals surface area contributed by atoms with Crippen LogP contribution >= 0.6 is 0 Å². The van der Waals surface area contributed by atoms with Crippen LogP contribution in [0.5, 0.6) is 0 Å². The van der Waals surface area contributed by atoms with Crippen LogP contribution in [-0.2, 0) is 16.6 Å². The number of ether oxygens (including phenoxy) is 1. The smallest absolute Gasteiger partial charge is 0.434 e. The van der Waals surface area contributed by atoms with Crippen LogP contribution in [0.1, 0.15) is 16.8 Å². The van der Waals surface area contributed by atoms with Crippen molar-refractivity contribution in [1.29, 1.82) is 5.26 Å². The number of aromatic nitrogens is 8. The quantitative estimate of drug-likeness (QED) is 0.372. The molecule has 0 saturated carbocycles. The number of pyridine rings is 1. The average Bonchev–Trinajstić information content (AvgIpc) is 3.30. The first-order valence-electron chi connectivity index (χ1n) is 9.93. The maximum atomic E-state index is 14.3. The van der Waals surface area contributed by atoms with E-state index in [2.05, 4.69) is 35.6 Å². The molecule has 0 bridgehead atoms. The Balaban J connectivity index is 1.42. The van der Waals surface area contributed by atoms with E-state index in [9.17, 15) is 18.4 Å². The molecule has 1 aliphatic rings. The van der Waals surface area contributed by atoms with E-state index in [1.165, 1.54) is 37.0 Å². The van der Waals surface area contributed by atoms with E-state index in [1.807, 2.05) is 6.07 Å². The summed E-state index contributed by atoms with van der Waals surface area (Å²) in [5.41, 5.74) is -2.37. The van der Waals surface area contributed by atoms with Crippen LogP contribution in [-0.4, -0.2) is 46.3 Å². The number of halogens is 3. The number of anilines is 1. The summed E-state index contributed by atoms with van der Waals surface area (Å²) in [6.07, 6.45) is 2.85. The summed E-state index contributed by atoms with van der Waals surface area (Å²) in [5, 5.41) is 24.5. The third kappa shape index (κ3) is 3.35. The van der Waals surface area contributed by atoms with E-state index in [-0.39, 0.29) is 46.2 Å². The molecule has 1 fully saturated rings. The number of rotatable bonds is 5. The molecule has 0 spiro atoms. The Morgan fingerprint density at radius 2 is 1.89 bits per heavy atom. The van der Waals surface area contributed by atoms with Gasteiger partial charge in [0, 0.05) is 0 Å². The first-order valence-corrected chi connectivity index (χ1v) is 9.93. The van der Waals surface area contributed by atoms with Crippen LogP contribution in [0.3, 0.4) is 0 Å². The SMILES string of the molecule is N#Cc1cc(NC2(c3cnn(-c4ncnc5occc45)c3C(F)(F)F)CO2)cnc1-n1nccn1. The van der Waals surface area contributed by atoms with Gasteiger partial charge in [0.2, 0.25) is 5.71 Å². The van der Waals surface area contributed by atoms with E-state index in [1.54, 1.807) is 0 Å². The molecule has 1 aliphatic heterocycles. The molecule has 0 aliphatic carbocycles. The highest BCUT2D eigenvalue weighted by Crippen LogP contribution is 2.46. The van der Waals surface area contributed by atoms with Crippen molar-refractivity contribution in [2.45, 2.75) is 11.9 Å². The molecule has 174 valence electrons. The Labute approximate surface area is 192 Å². The van der Waals surface area contributed by atoms with Gasteiger partial charge in [0.1, 0.15) is 24.6 Å². The summed E-state index contributed by atoms with van der Waals surface area (Å²) >= 11 is 0. The van der Waals surface area contributed by atoms with Crippen molar-refractivity contribution in [3.05, 3.63) is 66.3 Å². The monoisotopic (exact) mass is 480 g/mol. The van der Waals surface area contributed by atoms with Crippen LogP contribution in [0.2, 0.25) is 0 Å². The Morgan fingerprint density at radius 1 is 1.09 bits per heavy atom. The largest absolute Gasteiger partial charge is 0.446 e. The zero-order valence-electron chi connectivity index (χ0n) is 17.3. The van der Waals surface area contributed by atoms with Gasteiger partial charge in [-0.3, -0.25) is 0 Å². The van der Waals surface area contributed by atoms with Gasteiger partial charge in [-0.2, -0.15) is 33.7 Å². The van der Waals surface area contributed by atoms with E-state index in [4.69, 9.17) is 9.15 Å². The van der Waals surface area contributed by atoms with Gasteiger partial charge in [0.25, 0.3) is 0 Å². The molecule has 0 amide bonds. The van der Waals surface area contributed by atoms with Crippen LogP contribution in [0.25, 0.3) is 22.7 Å². The van der Waals surface area contributed by atoms with Crippen molar-refractivity contribution < 1.29 is 22.3 Å². The molecule has 1 atom stereocenters. The summed E-state index contributed by atoms with van der Waals surface area (Å²) in [4.78, 5) is 13.2. The molecule has 0 radical (unpaired) electrons. The second kappa shape index (κ2) is 7.33. The van der Waals surface area contributed by atoms with E-state index >= 15 is 0 Å². The van der Waals surface area contributed by atoms with Crippen molar-refractivity contribution in [3.63, 3.8) is 0 Å². The first kappa shape index (κ1) is 20.7. The van der Waals surface area contributed by atoms with E-state index < -0.39 is 17.6 Å². The van der Waals surface area contributed by atoms with Gasteiger partial charge in [0.15, 0.2) is 23.1 Å². The number of hydrogen-bond donors (Lipinski definition) is 1. The number of nitrogens with zero attached hydrogens (tertiary/aromatic N) is 9. The summed E-state index contributed by atoms with van der Waals surface area (Å²) in [6.45, 7) is -0.0724. The summed E-state index contributed by atoms with van der Waals surface area (Å²) in [5.74, 6) is 0.0770. The van der Waals surface area contributed by atoms with E-state index in [0.29, 0.717) is 4.68 Å². The minimum atomic E-state index is -4.81. The number of hydrogen-bond acceptors (Lipinski definition) is 10. The van der Waals surface area contributed by atoms with Crippen molar-refractivity contribution in [1.82, 2.24) is 39.7 Å². The van der Waals surface area contributed by atoms with E-state index in [0.717, 1.165) is 17.3 Å². The lowest BCUT2D eigenvalue weighted by molar-refractivity contribution is -0.144. The number of epoxide rings is 1. The predicted octanol–water partition coefficient (Wildman–Crippen LogP) is 2.57. The molecule has 12 nitrogen and oxygen atoms in total. The van der Waals surface area contributed by atoms with Gasteiger partial charge < -0.3 is 14.5 Å². The van der Waals surface area contributed by atoms with Crippen LogP contribution < -0.4 is 5.32 Å². The maximum Gasteiger partial charge on any atom is 0.434 e. The second-order valence-electron chi connectivity index (χ2n) is 7.42. The lowest BCUT2D eigenvalue weighted by Gasteiger charge is -2.18. The van der Waals surface area contributed by atoms with Gasteiger partial charge in [-0.25, -0.2) is 19.6 Å². The zero-order valence-corrected chi connectivity index (χ0v) is 17.3. The molecular weight excluding hydrogens is 469 g/mol. The fourth-order valence-electron chi connectivity index (χ4n) is 3.72. The number of nitrogens with one attached hydrogen (secondary N) is 1. The highest BCUT2D eigenvalue weighted by atomic mass is 19.4. The Morgan fingerprint density at radius 3 is 2.60 bits per heavy atom. The highest BCUT2D eigenvalue weighted by Gasteiger charge is 2.54. The molecule has 35 heavy (non-hydrogen) atoms. The molecule has 1 saturated heterocycles. The van der Waals surface area contributed by atoms with Crippen molar-refractivity contribution in [3.8, 4) is 17.7 Å². The third-order valence-electron chi connectivity index (χ3n) is 5.29. The number of nitriles is 1. The normalized spacial score (nSPS) is 17.4. The van der Waals surface area contributed by atoms with Gasteiger partial charge in [-0.05, 0) is 12.1 Å². The third-order valence-corrected chi connectivity index (χ3v) is 5.29. The number of fused-ring (bicyclic) bond motifs is 1. The lowest BCUT2D eigenvalue weighted by atomic mass is 10.1. The maximum absolute atomic E-state index is 14.3. The average molecular weight is 480 g/mol. The molecule has 5 aromatic heterocycles. The van der Waals surface area contributed by atoms with Gasteiger partial charge in [-0.15, -0.1) is 4.80 Å². The van der Waals surface area contributed by atoms with Crippen molar-refractivity contribution in [2.24, 2.45) is 0 Å². The summed E-state index contributed by atoms with van der Waals surface area (Å²) in [6, 6.07) is 4.86. The Bertz CT molecular complexity index is 1600. The molecular formula is C20H11F3N10O2. The molecule has 0 aromatic carbocycles. The van der Waals surface area contributed by atoms with Gasteiger partial charge >= 0.3 is 6.18 Å². The fraction of sp³-hybridized carbons (Fsp3) is 0.150. The van der Waals surface area contributed by atoms with Gasteiger partial charge in [-0.1, -0.05) is 0 Å². The van der Waals surface area contributed by atoms with Crippen LogP contribution in [0.15, 0.2) is 53.9 Å². The summed E-state index contributed by atoms with van der Waals surface area (Å²) < 4.78 is 54.2. The van der Waals surface area contributed by atoms with Crippen molar-refractivity contribution in [2.75, 3.05) is 11.9 Å². The summed E-state index contributed by atoms with van der Waals surface area (Å²) in [7, 11) is 0. The topological polar surface area (TPSA) is 149 Å². The molecule has 1 unspecified atom stereocenters.